The van der Waals surface area contributed by atoms with Gasteiger partial charge in [0.2, 0.25) is 11.7 Å². The number of fused-ring (bicyclic) bond motifs is 1. The van der Waals surface area contributed by atoms with E-state index in [0.717, 1.165) is 4.57 Å². The van der Waals surface area contributed by atoms with Gasteiger partial charge in [0, 0.05) is 19.7 Å². The van der Waals surface area contributed by atoms with E-state index in [1.807, 2.05) is 0 Å². The number of rotatable bonds is 3. The van der Waals surface area contributed by atoms with E-state index in [4.69, 9.17) is 4.74 Å². The molecule has 0 atom stereocenters. The summed E-state index contributed by atoms with van der Waals surface area (Å²) in [5.41, 5.74) is 0. The maximum atomic E-state index is 12.6. The van der Waals surface area contributed by atoms with Crippen LogP contribution in [0.25, 0.3) is 0 Å². The van der Waals surface area contributed by atoms with Gasteiger partial charge >= 0.3 is 6.18 Å². The van der Waals surface area contributed by atoms with Crippen LogP contribution in [-0.2, 0) is 28.8 Å². The number of hydrogen-bond donors (Lipinski definition) is 0. The molecule has 0 radical (unpaired) electrons. The van der Waals surface area contributed by atoms with Crippen LogP contribution >= 0.6 is 0 Å². The monoisotopic (exact) mass is 278 g/mol. The van der Waals surface area contributed by atoms with Gasteiger partial charge in [-0.3, -0.25) is 4.79 Å². The molecule has 0 saturated heterocycles. The summed E-state index contributed by atoms with van der Waals surface area (Å²) in [5, 5.41) is 6.64. The van der Waals surface area contributed by atoms with Gasteiger partial charge in [-0.1, -0.05) is 0 Å². The van der Waals surface area contributed by atoms with Crippen molar-refractivity contribution in [1.29, 1.82) is 0 Å². The predicted molar refractivity (Wildman–Crippen MR) is 56.9 cm³/mol. The molecule has 1 aromatic rings. The van der Waals surface area contributed by atoms with Gasteiger partial charge in [0.05, 0.1) is 6.54 Å². The average molecular weight is 278 g/mol. The number of nitrogens with zero attached hydrogens (tertiary/aromatic N) is 4. The summed E-state index contributed by atoms with van der Waals surface area (Å²) >= 11 is 0. The number of hydrogen-bond acceptors (Lipinski definition) is 4. The number of amides is 1. The van der Waals surface area contributed by atoms with Crippen molar-refractivity contribution in [3.8, 4) is 0 Å². The number of halogens is 3. The normalized spacial score (nSPS) is 15.5. The van der Waals surface area contributed by atoms with E-state index in [-0.39, 0.29) is 38.0 Å². The van der Waals surface area contributed by atoms with E-state index in [2.05, 4.69) is 10.2 Å². The maximum Gasteiger partial charge on any atom is 0.451 e. The summed E-state index contributed by atoms with van der Waals surface area (Å²) in [6, 6.07) is 0. The Balaban J connectivity index is 2.09. The Morgan fingerprint density at radius 1 is 1.37 bits per heavy atom. The smallest absolute Gasteiger partial charge is 0.372 e. The largest absolute Gasteiger partial charge is 0.451 e. The molecule has 0 aromatic carbocycles. The van der Waals surface area contributed by atoms with Crippen molar-refractivity contribution in [2.75, 3.05) is 19.8 Å². The Hall–Kier alpha value is -1.64. The second kappa shape index (κ2) is 5.16. The molecular formula is C10H13F3N4O2. The van der Waals surface area contributed by atoms with Crippen LogP contribution in [0.3, 0.4) is 0 Å². The van der Waals surface area contributed by atoms with E-state index < -0.39 is 12.0 Å². The average Bonchev–Trinajstić information content (AvgIpc) is 2.78. The zero-order valence-corrected chi connectivity index (χ0v) is 10.3. The van der Waals surface area contributed by atoms with Crippen molar-refractivity contribution < 1.29 is 22.7 Å². The molecule has 0 N–H and O–H groups in total. The third-order valence-corrected chi connectivity index (χ3v) is 2.79. The Labute approximate surface area is 107 Å². The first-order valence-electron chi connectivity index (χ1n) is 5.78. The molecule has 1 aromatic heterocycles. The summed E-state index contributed by atoms with van der Waals surface area (Å²) in [6.07, 6.45) is -4.53. The van der Waals surface area contributed by atoms with Crippen molar-refractivity contribution in [2.45, 2.75) is 26.2 Å². The molecule has 0 spiro atoms. The van der Waals surface area contributed by atoms with E-state index in [1.54, 1.807) is 6.92 Å². The molecule has 0 bridgehead atoms. The second-order valence-electron chi connectivity index (χ2n) is 4.04. The Morgan fingerprint density at radius 3 is 2.74 bits per heavy atom. The van der Waals surface area contributed by atoms with Crippen molar-refractivity contribution in [3.63, 3.8) is 0 Å². The fourth-order valence-corrected chi connectivity index (χ4v) is 1.86. The van der Waals surface area contributed by atoms with Crippen LogP contribution in [0, 0.1) is 0 Å². The lowest BCUT2D eigenvalue weighted by atomic mass is 10.3. The van der Waals surface area contributed by atoms with E-state index >= 15 is 0 Å². The van der Waals surface area contributed by atoms with Crippen molar-refractivity contribution in [1.82, 2.24) is 19.7 Å². The molecule has 1 amide bonds. The Bertz CT molecular complexity index is 472. The molecule has 0 unspecified atom stereocenters. The van der Waals surface area contributed by atoms with Gasteiger partial charge in [-0.2, -0.15) is 13.2 Å². The van der Waals surface area contributed by atoms with Crippen LogP contribution in [0.4, 0.5) is 13.2 Å². The highest BCUT2D eigenvalue weighted by Crippen LogP contribution is 2.29. The topological polar surface area (TPSA) is 60.2 Å². The van der Waals surface area contributed by atoms with Crippen LogP contribution in [0.1, 0.15) is 18.6 Å². The minimum atomic E-state index is -4.53. The van der Waals surface area contributed by atoms with Crippen LogP contribution in [0.15, 0.2) is 0 Å². The zero-order chi connectivity index (χ0) is 14.0. The lowest BCUT2D eigenvalue weighted by molar-refractivity contribution is -0.148. The molecule has 19 heavy (non-hydrogen) atoms. The van der Waals surface area contributed by atoms with E-state index in [0.29, 0.717) is 6.61 Å². The van der Waals surface area contributed by atoms with Gasteiger partial charge in [-0.15, -0.1) is 10.2 Å². The zero-order valence-electron chi connectivity index (χ0n) is 10.3. The number of aromatic nitrogens is 3. The van der Waals surface area contributed by atoms with E-state index in [9.17, 15) is 18.0 Å². The minimum Gasteiger partial charge on any atom is -0.372 e. The number of ether oxygens (including phenoxy) is 1. The number of carbonyl (C=O) groups excluding carboxylic acids is 1. The fourth-order valence-electron chi connectivity index (χ4n) is 1.86. The SMILES string of the molecule is CCOCC(=O)N1CCn2c(nnc2C(F)(F)F)C1. The summed E-state index contributed by atoms with van der Waals surface area (Å²) in [6.45, 7) is 2.35. The molecule has 1 aliphatic heterocycles. The Morgan fingerprint density at radius 2 is 2.11 bits per heavy atom. The number of alkyl halides is 3. The van der Waals surface area contributed by atoms with Crippen molar-refractivity contribution >= 4 is 5.91 Å². The molecule has 2 rings (SSSR count). The lowest BCUT2D eigenvalue weighted by Gasteiger charge is -2.27. The highest BCUT2D eigenvalue weighted by Gasteiger charge is 2.39. The predicted octanol–water partition coefficient (Wildman–Crippen LogP) is 0.676. The molecule has 0 aliphatic carbocycles. The molecule has 1 aliphatic rings. The van der Waals surface area contributed by atoms with Gasteiger partial charge in [0.1, 0.15) is 6.61 Å². The van der Waals surface area contributed by atoms with Gasteiger partial charge in [0.15, 0.2) is 5.82 Å². The molecule has 0 fully saturated rings. The van der Waals surface area contributed by atoms with Gasteiger partial charge < -0.3 is 14.2 Å². The van der Waals surface area contributed by atoms with Crippen molar-refractivity contribution in [2.24, 2.45) is 0 Å². The van der Waals surface area contributed by atoms with Crippen LogP contribution < -0.4 is 0 Å². The molecule has 9 heteroatoms. The standard InChI is InChI=1S/C10H13F3N4O2/c1-2-19-6-8(18)16-3-4-17-7(5-16)14-15-9(17)10(11,12)13/h2-6H2,1H3. The minimum absolute atomic E-state index is 0.0228. The summed E-state index contributed by atoms with van der Waals surface area (Å²) in [5.74, 6) is -1.13. The molecule has 6 nitrogen and oxygen atoms in total. The molecular weight excluding hydrogens is 265 g/mol. The number of carbonyl (C=O) groups is 1. The third-order valence-electron chi connectivity index (χ3n) is 2.79. The summed E-state index contributed by atoms with van der Waals surface area (Å²) < 4.78 is 43.8. The van der Waals surface area contributed by atoms with Gasteiger partial charge in [-0.25, -0.2) is 0 Å². The van der Waals surface area contributed by atoms with Crippen LogP contribution in [0.5, 0.6) is 0 Å². The fraction of sp³-hybridized carbons (Fsp3) is 0.700. The molecule has 2 heterocycles. The molecule has 106 valence electrons. The molecule has 0 saturated carbocycles. The van der Waals surface area contributed by atoms with E-state index in [1.165, 1.54) is 4.90 Å². The highest BCUT2D eigenvalue weighted by atomic mass is 19.4. The summed E-state index contributed by atoms with van der Waals surface area (Å²) in [7, 11) is 0. The maximum absolute atomic E-state index is 12.6. The van der Waals surface area contributed by atoms with Crippen LogP contribution in [0.2, 0.25) is 0 Å². The highest BCUT2D eigenvalue weighted by molar-refractivity contribution is 5.77. The summed E-state index contributed by atoms with van der Waals surface area (Å²) in [4.78, 5) is 13.1. The lowest BCUT2D eigenvalue weighted by Crippen LogP contribution is -2.41. The quantitative estimate of drug-likeness (QED) is 0.815. The van der Waals surface area contributed by atoms with Crippen LogP contribution in [-0.4, -0.2) is 45.3 Å². The third kappa shape index (κ3) is 2.86. The van der Waals surface area contributed by atoms with Gasteiger partial charge in [0.25, 0.3) is 0 Å². The van der Waals surface area contributed by atoms with Gasteiger partial charge in [-0.05, 0) is 6.92 Å². The first-order valence-corrected chi connectivity index (χ1v) is 5.78. The Kier molecular flexibility index (Phi) is 3.74. The first-order chi connectivity index (χ1) is 8.93. The van der Waals surface area contributed by atoms with Crippen molar-refractivity contribution in [3.05, 3.63) is 11.6 Å². The first kappa shape index (κ1) is 13.8. The second-order valence-corrected chi connectivity index (χ2v) is 4.04.